The van der Waals surface area contributed by atoms with Gasteiger partial charge in [0.15, 0.2) is 0 Å². The van der Waals surface area contributed by atoms with Crippen LogP contribution in [0.5, 0.6) is 0 Å². The molecule has 0 atom stereocenters. The molecule has 0 N–H and O–H groups in total. The van der Waals surface area contributed by atoms with Crippen molar-refractivity contribution < 1.29 is 0 Å². The van der Waals surface area contributed by atoms with Crippen molar-refractivity contribution in [2.24, 2.45) is 0 Å². The van der Waals surface area contributed by atoms with Crippen molar-refractivity contribution in [2.75, 3.05) is 0 Å². The van der Waals surface area contributed by atoms with E-state index < -0.39 is 0 Å². The summed E-state index contributed by atoms with van der Waals surface area (Å²) < 4.78 is 0. The van der Waals surface area contributed by atoms with Crippen LogP contribution in [0.2, 0.25) is 0 Å². The molecule has 0 aliphatic heterocycles. The number of rotatable bonds is 1. The summed E-state index contributed by atoms with van der Waals surface area (Å²) in [4.78, 5) is 0. The van der Waals surface area contributed by atoms with Gasteiger partial charge in [-0.25, -0.2) is 0 Å². The predicted molar refractivity (Wildman–Crippen MR) is 46.7 cm³/mol. The van der Waals surface area contributed by atoms with E-state index in [9.17, 15) is 0 Å². The molecule has 1 radical (unpaired) electrons. The average molecular weight is 145 g/mol. The SMILES string of the molecule is Cc1cc[c]c(C2CC2)c1C. The van der Waals surface area contributed by atoms with Gasteiger partial charge in [-0.15, -0.1) is 0 Å². The van der Waals surface area contributed by atoms with Gasteiger partial charge in [0.25, 0.3) is 0 Å². The van der Waals surface area contributed by atoms with Gasteiger partial charge in [-0.3, -0.25) is 0 Å². The van der Waals surface area contributed by atoms with Gasteiger partial charge in [0, 0.05) is 0 Å². The fourth-order valence-electron chi connectivity index (χ4n) is 1.50. The molecule has 1 saturated carbocycles. The van der Waals surface area contributed by atoms with E-state index >= 15 is 0 Å². The Morgan fingerprint density at radius 1 is 1.36 bits per heavy atom. The Hall–Kier alpha value is -0.780. The van der Waals surface area contributed by atoms with Crippen LogP contribution in [0.25, 0.3) is 0 Å². The highest BCUT2D eigenvalue weighted by atomic mass is 14.3. The van der Waals surface area contributed by atoms with Crippen LogP contribution in [0.3, 0.4) is 0 Å². The van der Waals surface area contributed by atoms with E-state index in [2.05, 4.69) is 32.0 Å². The minimum Gasteiger partial charge on any atom is -0.0584 e. The Morgan fingerprint density at radius 2 is 2.09 bits per heavy atom. The molecule has 0 bridgehead atoms. The maximum atomic E-state index is 3.34. The molecular formula is C11H13. The fourth-order valence-corrected chi connectivity index (χ4v) is 1.50. The highest BCUT2D eigenvalue weighted by Crippen LogP contribution is 2.41. The molecule has 0 heteroatoms. The summed E-state index contributed by atoms with van der Waals surface area (Å²) in [6, 6.07) is 7.53. The van der Waals surface area contributed by atoms with Gasteiger partial charge in [-0.2, -0.15) is 0 Å². The Balaban J connectivity index is 2.45. The largest absolute Gasteiger partial charge is 0.0584 e. The molecule has 0 spiro atoms. The van der Waals surface area contributed by atoms with Gasteiger partial charge in [-0.1, -0.05) is 12.1 Å². The topological polar surface area (TPSA) is 0 Å². The highest BCUT2D eigenvalue weighted by molar-refractivity contribution is 5.36. The van der Waals surface area contributed by atoms with Gasteiger partial charge in [0.05, 0.1) is 0 Å². The van der Waals surface area contributed by atoms with Crippen LogP contribution in [0.15, 0.2) is 12.1 Å². The second kappa shape index (κ2) is 2.37. The quantitative estimate of drug-likeness (QED) is 0.570. The lowest BCUT2D eigenvalue weighted by molar-refractivity contribution is 1.08. The van der Waals surface area contributed by atoms with Crippen molar-refractivity contribution in [2.45, 2.75) is 32.6 Å². The smallest absolute Gasteiger partial charge is 0.0143 e. The molecule has 11 heavy (non-hydrogen) atoms. The summed E-state index contributed by atoms with van der Waals surface area (Å²) >= 11 is 0. The molecule has 0 saturated heterocycles. The predicted octanol–water partition coefficient (Wildman–Crippen LogP) is 2.98. The maximum absolute atomic E-state index is 3.34. The first kappa shape index (κ1) is 6.90. The first-order valence-corrected chi connectivity index (χ1v) is 4.27. The average Bonchev–Trinajstić information content (AvgIpc) is 2.77. The third-order valence-electron chi connectivity index (χ3n) is 2.55. The van der Waals surface area contributed by atoms with Crippen molar-refractivity contribution in [1.82, 2.24) is 0 Å². The molecule has 57 valence electrons. The summed E-state index contributed by atoms with van der Waals surface area (Å²) in [5, 5.41) is 0. The number of hydrogen-bond donors (Lipinski definition) is 0. The summed E-state index contributed by atoms with van der Waals surface area (Å²) in [6.45, 7) is 4.38. The van der Waals surface area contributed by atoms with Crippen LogP contribution < -0.4 is 0 Å². The molecule has 0 unspecified atom stereocenters. The van der Waals surface area contributed by atoms with Crippen molar-refractivity contribution in [3.05, 3.63) is 34.9 Å². The Kier molecular flexibility index (Phi) is 1.49. The van der Waals surface area contributed by atoms with Crippen molar-refractivity contribution in [3.8, 4) is 0 Å². The first-order chi connectivity index (χ1) is 5.29. The molecule has 1 aliphatic rings. The number of hydrogen-bond acceptors (Lipinski definition) is 0. The van der Waals surface area contributed by atoms with Gasteiger partial charge < -0.3 is 0 Å². The third-order valence-corrected chi connectivity index (χ3v) is 2.55. The van der Waals surface area contributed by atoms with Crippen molar-refractivity contribution in [1.29, 1.82) is 0 Å². The lowest BCUT2D eigenvalue weighted by Gasteiger charge is -2.05. The summed E-state index contributed by atoms with van der Waals surface area (Å²) in [5.41, 5.74) is 4.32. The Labute approximate surface area is 68.3 Å². The molecule has 0 amide bonds. The van der Waals surface area contributed by atoms with E-state index in [-0.39, 0.29) is 0 Å². The molecule has 1 aromatic rings. The van der Waals surface area contributed by atoms with Crippen LogP contribution in [0.4, 0.5) is 0 Å². The molecular weight excluding hydrogens is 132 g/mol. The minimum absolute atomic E-state index is 0.842. The van der Waals surface area contributed by atoms with Gasteiger partial charge in [-0.05, 0) is 55.4 Å². The lowest BCUT2D eigenvalue weighted by atomic mass is 10.0. The number of benzene rings is 1. The van der Waals surface area contributed by atoms with Crippen LogP contribution in [0.1, 0.15) is 35.4 Å². The van der Waals surface area contributed by atoms with E-state index in [1.807, 2.05) is 0 Å². The van der Waals surface area contributed by atoms with Crippen LogP contribution in [0, 0.1) is 19.9 Å². The van der Waals surface area contributed by atoms with E-state index in [1.165, 1.54) is 29.5 Å². The Morgan fingerprint density at radius 3 is 2.73 bits per heavy atom. The maximum Gasteiger partial charge on any atom is -0.0143 e. The minimum atomic E-state index is 0.842. The van der Waals surface area contributed by atoms with Gasteiger partial charge in [0.1, 0.15) is 0 Å². The lowest BCUT2D eigenvalue weighted by Crippen LogP contribution is -1.88. The van der Waals surface area contributed by atoms with Crippen LogP contribution >= 0.6 is 0 Å². The standard InChI is InChI=1S/C11H13/c1-8-4-3-5-11(9(8)2)10-6-7-10/h3-4,10H,6-7H2,1-2H3. The van der Waals surface area contributed by atoms with Gasteiger partial charge in [0.2, 0.25) is 0 Å². The molecule has 1 aliphatic carbocycles. The van der Waals surface area contributed by atoms with Crippen molar-refractivity contribution in [3.63, 3.8) is 0 Å². The van der Waals surface area contributed by atoms with Crippen molar-refractivity contribution >= 4 is 0 Å². The monoisotopic (exact) mass is 145 g/mol. The van der Waals surface area contributed by atoms with E-state index in [1.54, 1.807) is 0 Å². The highest BCUT2D eigenvalue weighted by Gasteiger charge is 2.25. The molecule has 1 fully saturated rings. The van der Waals surface area contributed by atoms with Gasteiger partial charge >= 0.3 is 0 Å². The molecule has 2 rings (SSSR count). The molecule has 1 aromatic carbocycles. The first-order valence-electron chi connectivity index (χ1n) is 4.27. The summed E-state index contributed by atoms with van der Waals surface area (Å²) in [6.07, 6.45) is 2.75. The fraction of sp³-hybridized carbons (Fsp3) is 0.455. The zero-order chi connectivity index (χ0) is 7.84. The molecule has 0 nitrogen and oxygen atoms in total. The third kappa shape index (κ3) is 1.18. The molecule has 0 aromatic heterocycles. The zero-order valence-electron chi connectivity index (χ0n) is 7.15. The van der Waals surface area contributed by atoms with E-state index in [0.717, 1.165) is 5.92 Å². The second-order valence-corrected chi connectivity index (χ2v) is 3.47. The Bertz CT molecular complexity index is 269. The number of aryl methyl sites for hydroxylation is 1. The second-order valence-electron chi connectivity index (χ2n) is 3.47. The van der Waals surface area contributed by atoms with Crippen LogP contribution in [-0.2, 0) is 0 Å². The zero-order valence-corrected chi connectivity index (χ0v) is 7.15. The normalized spacial score (nSPS) is 16.9. The van der Waals surface area contributed by atoms with Crippen LogP contribution in [-0.4, -0.2) is 0 Å². The summed E-state index contributed by atoms with van der Waals surface area (Å²) in [5.74, 6) is 0.842. The summed E-state index contributed by atoms with van der Waals surface area (Å²) in [7, 11) is 0. The van der Waals surface area contributed by atoms with E-state index in [0.29, 0.717) is 0 Å². The van der Waals surface area contributed by atoms with E-state index in [4.69, 9.17) is 0 Å². The molecule has 0 heterocycles.